The number of hydrogen-bond acceptors (Lipinski definition) is 4. The van der Waals surface area contributed by atoms with Crippen molar-refractivity contribution in [3.63, 3.8) is 0 Å². The molecule has 7 heteroatoms. The molecule has 0 unspecified atom stereocenters. The first-order valence-corrected chi connectivity index (χ1v) is 10.9. The van der Waals surface area contributed by atoms with E-state index in [9.17, 15) is 0 Å². The van der Waals surface area contributed by atoms with E-state index >= 15 is 0 Å². The molecule has 0 bridgehead atoms. The number of hydrogen-bond donors (Lipinski definition) is 2. The lowest BCUT2D eigenvalue weighted by molar-refractivity contribution is 0.179. The Hall–Kier alpha value is -1.19. The van der Waals surface area contributed by atoms with Crippen molar-refractivity contribution in [2.24, 2.45) is 16.6 Å². The molecule has 1 saturated heterocycles. The van der Waals surface area contributed by atoms with Crippen LogP contribution < -0.4 is 11.1 Å². The molecule has 154 valence electrons. The fraction of sp³-hybridized carbons (Fsp3) is 0.524. The van der Waals surface area contributed by atoms with E-state index in [4.69, 9.17) is 5.73 Å². The van der Waals surface area contributed by atoms with Gasteiger partial charge in [0, 0.05) is 24.2 Å². The summed E-state index contributed by atoms with van der Waals surface area (Å²) in [5.41, 5.74) is 9.60. The van der Waals surface area contributed by atoms with E-state index in [0.717, 1.165) is 44.7 Å². The van der Waals surface area contributed by atoms with Gasteiger partial charge < -0.3 is 11.1 Å². The number of likely N-dealkylation sites (tertiary alicyclic amines) is 1. The van der Waals surface area contributed by atoms with Crippen LogP contribution in [0.3, 0.4) is 0 Å². The van der Waals surface area contributed by atoms with Gasteiger partial charge in [-0.05, 0) is 62.4 Å². The Morgan fingerprint density at radius 3 is 2.54 bits per heavy atom. The number of nitrogens with two attached hydrogens (primary N) is 1. The zero-order chi connectivity index (χ0) is 19.1. The highest BCUT2D eigenvalue weighted by Gasteiger charge is 2.19. The van der Waals surface area contributed by atoms with Gasteiger partial charge in [0.25, 0.3) is 0 Å². The third kappa shape index (κ3) is 7.00. The first kappa shape index (κ1) is 23.1. The first-order valence-electron chi connectivity index (χ1n) is 9.97. The van der Waals surface area contributed by atoms with Crippen molar-refractivity contribution in [1.82, 2.24) is 9.88 Å². The van der Waals surface area contributed by atoms with Crippen LogP contribution in [0.1, 0.15) is 43.0 Å². The highest BCUT2D eigenvalue weighted by atomic mass is 127. The zero-order valence-electron chi connectivity index (χ0n) is 16.9. The maximum absolute atomic E-state index is 6.06. The van der Waals surface area contributed by atoms with Crippen molar-refractivity contribution < 1.29 is 0 Å². The van der Waals surface area contributed by atoms with Gasteiger partial charge in [0.2, 0.25) is 0 Å². The van der Waals surface area contributed by atoms with Gasteiger partial charge in [-0.1, -0.05) is 26.0 Å². The number of guanidine groups is 1. The van der Waals surface area contributed by atoms with E-state index in [1.165, 1.54) is 29.1 Å². The quantitative estimate of drug-likeness (QED) is 0.325. The van der Waals surface area contributed by atoms with Crippen LogP contribution in [0.2, 0.25) is 0 Å². The van der Waals surface area contributed by atoms with E-state index in [1.807, 2.05) is 0 Å². The molecule has 3 N–H and O–H groups in total. The summed E-state index contributed by atoms with van der Waals surface area (Å²) in [6.45, 7) is 8.33. The smallest absolute Gasteiger partial charge is 0.193 e. The summed E-state index contributed by atoms with van der Waals surface area (Å²) in [6, 6.07) is 8.36. The van der Waals surface area contributed by atoms with Gasteiger partial charge in [-0.3, -0.25) is 9.89 Å². The normalized spacial score (nSPS) is 16.0. The second-order valence-corrected chi connectivity index (χ2v) is 8.15. The lowest BCUT2D eigenvalue weighted by Gasteiger charge is -2.30. The number of aromatic nitrogens is 1. The molecule has 0 saturated carbocycles. The molecule has 1 aliphatic rings. The molecule has 0 amide bonds. The minimum atomic E-state index is 0. The summed E-state index contributed by atoms with van der Waals surface area (Å²) < 4.78 is 0. The summed E-state index contributed by atoms with van der Waals surface area (Å²) >= 11 is 1.78. The number of nitrogens with zero attached hydrogens (tertiary/aromatic N) is 3. The number of rotatable bonds is 7. The summed E-state index contributed by atoms with van der Waals surface area (Å²) in [5.74, 6) is 1.13. The molecule has 2 aromatic rings. The molecule has 1 aromatic carbocycles. The lowest BCUT2D eigenvalue weighted by Crippen LogP contribution is -2.34. The van der Waals surface area contributed by atoms with E-state index in [2.05, 4.69) is 63.7 Å². The number of anilines is 1. The van der Waals surface area contributed by atoms with E-state index < -0.39 is 0 Å². The molecule has 3 rings (SSSR count). The molecule has 1 aromatic heterocycles. The van der Waals surface area contributed by atoms with Crippen molar-refractivity contribution in [3.05, 3.63) is 45.9 Å². The summed E-state index contributed by atoms with van der Waals surface area (Å²) in [6.07, 6.45) is 4.42. The largest absolute Gasteiger partial charge is 0.370 e. The topological polar surface area (TPSA) is 66.5 Å². The highest BCUT2D eigenvalue weighted by Crippen LogP contribution is 2.20. The van der Waals surface area contributed by atoms with Crippen LogP contribution in [-0.2, 0) is 19.4 Å². The van der Waals surface area contributed by atoms with Crippen LogP contribution in [0.5, 0.6) is 0 Å². The third-order valence-electron chi connectivity index (χ3n) is 5.15. The third-order valence-corrected chi connectivity index (χ3v) is 6.19. The Morgan fingerprint density at radius 1 is 1.21 bits per heavy atom. The minimum absolute atomic E-state index is 0. The molecule has 0 atom stereocenters. The molecule has 0 spiro atoms. The second-order valence-electron chi connectivity index (χ2n) is 7.21. The summed E-state index contributed by atoms with van der Waals surface area (Å²) in [4.78, 5) is 11.8. The molecular formula is C21H32IN5S. The minimum Gasteiger partial charge on any atom is -0.370 e. The molecule has 1 fully saturated rings. The summed E-state index contributed by atoms with van der Waals surface area (Å²) in [5, 5.41) is 6.63. The van der Waals surface area contributed by atoms with Crippen LogP contribution in [0.15, 0.2) is 34.6 Å². The maximum atomic E-state index is 6.06. The molecule has 0 aliphatic carbocycles. The number of benzene rings is 1. The highest BCUT2D eigenvalue weighted by molar-refractivity contribution is 14.0. The van der Waals surface area contributed by atoms with Gasteiger partial charge in [-0.2, -0.15) is 0 Å². The van der Waals surface area contributed by atoms with Gasteiger partial charge in [0.15, 0.2) is 5.96 Å². The van der Waals surface area contributed by atoms with Gasteiger partial charge in [-0.15, -0.1) is 35.3 Å². The number of halogens is 1. The van der Waals surface area contributed by atoms with E-state index in [0.29, 0.717) is 11.9 Å². The number of thiazole rings is 1. The van der Waals surface area contributed by atoms with Gasteiger partial charge >= 0.3 is 0 Å². The molecule has 2 heterocycles. The summed E-state index contributed by atoms with van der Waals surface area (Å²) in [7, 11) is 0. The molecule has 28 heavy (non-hydrogen) atoms. The maximum Gasteiger partial charge on any atom is 0.193 e. The van der Waals surface area contributed by atoms with Gasteiger partial charge in [0.05, 0.1) is 10.7 Å². The fourth-order valence-corrected chi connectivity index (χ4v) is 4.11. The predicted molar refractivity (Wildman–Crippen MR) is 131 cm³/mol. The molecular weight excluding hydrogens is 481 g/mol. The number of aryl methyl sites for hydroxylation is 2. The van der Waals surface area contributed by atoms with Crippen molar-refractivity contribution in [1.29, 1.82) is 0 Å². The lowest BCUT2D eigenvalue weighted by atomic mass is 9.97. The van der Waals surface area contributed by atoms with Crippen LogP contribution in [0, 0.1) is 5.92 Å². The van der Waals surface area contributed by atoms with Crippen LogP contribution in [0.4, 0.5) is 5.69 Å². The van der Waals surface area contributed by atoms with Crippen LogP contribution >= 0.6 is 35.3 Å². The Balaban J connectivity index is 0.00000280. The van der Waals surface area contributed by atoms with Crippen LogP contribution in [0.25, 0.3) is 0 Å². The number of nitrogens with one attached hydrogen (secondary N) is 1. The average molecular weight is 513 g/mol. The van der Waals surface area contributed by atoms with Crippen molar-refractivity contribution in [2.75, 3.05) is 25.0 Å². The second kappa shape index (κ2) is 11.7. The van der Waals surface area contributed by atoms with Crippen molar-refractivity contribution >= 4 is 47.0 Å². The van der Waals surface area contributed by atoms with E-state index in [-0.39, 0.29) is 24.0 Å². The standard InChI is InChI=1S/C21H31N5S.HI/c1-3-16-5-7-18(8-6-16)25-21(22)23-13-17-9-11-26(12-10-17)14-19-15-27-20(4-2)24-19;/h5-8,15,17H,3-4,9-14H2,1-2H3,(H3,22,23,25);1H. The predicted octanol–water partition coefficient (Wildman–Crippen LogP) is 4.52. The van der Waals surface area contributed by atoms with Crippen molar-refractivity contribution in [2.45, 2.75) is 46.1 Å². The zero-order valence-corrected chi connectivity index (χ0v) is 20.0. The van der Waals surface area contributed by atoms with E-state index in [1.54, 1.807) is 11.3 Å². The van der Waals surface area contributed by atoms with Gasteiger partial charge in [0.1, 0.15) is 0 Å². The average Bonchev–Trinajstić information content (AvgIpc) is 3.15. The Morgan fingerprint density at radius 2 is 1.93 bits per heavy atom. The monoisotopic (exact) mass is 513 g/mol. The molecule has 5 nitrogen and oxygen atoms in total. The SMILES string of the molecule is CCc1ccc(NC(N)=NCC2CCN(Cc3csc(CC)n3)CC2)cc1.I. The number of piperidine rings is 1. The van der Waals surface area contributed by atoms with Crippen LogP contribution in [-0.4, -0.2) is 35.5 Å². The van der Waals surface area contributed by atoms with Crippen molar-refractivity contribution in [3.8, 4) is 0 Å². The molecule has 1 aliphatic heterocycles. The Kier molecular flexibility index (Phi) is 9.67. The molecule has 0 radical (unpaired) electrons. The first-order chi connectivity index (χ1) is 13.2. The Labute approximate surface area is 189 Å². The Bertz CT molecular complexity index is 736. The fourth-order valence-electron chi connectivity index (χ4n) is 3.38. The number of aliphatic imine (C=N–C) groups is 1. The van der Waals surface area contributed by atoms with Gasteiger partial charge in [-0.25, -0.2) is 4.98 Å².